The molecule has 20 heavy (non-hydrogen) atoms. The topological polar surface area (TPSA) is 44.4 Å². The standard InChI is InChI=1S/C15H20FN3O/c1-10-12-8-11(2-5-19-6-3-17-4-7-19)9-13(16)14(12)18-15(10)20/h8-10,17H,2-7H2,1H3,(H,18,20). The van der Waals surface area contributed by atoms with Crippen LogP contribution in [0.4, 0.5) is 10.1 Å². The lowest BCUT2D eigenvalue weighted by Gasteiger charge is -2.27. The summed E-state index contributed by atoms with van der Waals surface area (Å²) in [5, 5.41) is 5.93. The molecular formula is C15H20FN3O. The Bertz CT molecular complexity index is 526. The molecule has 0 spiro atoms. The third kappa shape index (κ3) is 2.55. The highest BCUT2D eigenvalue weighted by atomic mass is 19.1. The number of amides is 1. The molecule has 108 valence electrons. The number of fused-ring (bicyclic) bond motifs is 1. The first-order valence-corrected chi connectivity index (χ1v) is 7.21. The monoisotopic (exact) mass is 277 g/mol. The third-order valence-corrected chi connectivity index (χ3v) is 4.21. The van der Waals surface area contributed by atoms with Crippen LogP contribution in [0.2, 0.25) is 0 Å². The Balaban J connectivity index is 1.72. The molecule has 1 aromatic rings. The van der Waals surface area contributed by atoms with Crippen molar-refractivity contribution in [3.8, 4) is 0 Å². The molecular weight excluding hydrogens is 257 g/mol. The number of rotatable bonds is 3. The van der Waals surface area contributed by atoms with E-state index in [1.54, 1.807) is 6.07 Å². The number of hydrogen-bond donors (Lipinski definition) is 2. The number of nitrogens with one attached hydrogen (secondary N) is 2. The van der Waals surface area contributed by atoms with Crippen LogP contribution in [0, 0.1) is 5.82 Å². The molecule has 1 aromatic carbocycles. The quantitative estimate of drug-likeness (QED) is 0.876. The SMILES string of the molecule is CC1C(=O)Nc2c(F)cc(CCN3CCNCC3)cc21. The lowest BCUT2D eigenvalue weighted by Crippen LogP contribution is -2.44. The zero-order valence-electron chi connectivity index (χ0n) is 11.7. The van der Waals surface area contributed by atoms with Crippen molar-refractivity contribution in [3.05, 3.63) is 29.1 Å². The fourth-order valence-corrected chi connectivity index (χ4v) is 2.90. The van der Waals surface area contributed by atoms with Gasteiger partial charge in [0.15, 0.2) is 0 Å². The van der Waals surface area contributed by atoms with E-state index in [0.29, 0.717) is 5.69 Å². The van der Waals surface area contributed by atoms with E-state index in [1.165, 1.54) is 0 Å². The minimum Gasteiger partial charge on any atom is -0.323 e. The van der Waals surface area contributed by atoms with Gasteiger partial charge in [-0.2, -0.15) is 0 Å². The van der Waals surface area contributed by atoms with Gasteiger partial charge in [-0.1, -0.05) is 6.07 Å². The Hall–Kier alpha value is -1.46. The average molecular weight is 277 g/mol. The Morgan fingerprint density at radius 2 is 2.10 bits per heavy atom. The van der Waals surface area contributed by atoms with E-state index in [4.69, 9.17) is 0 Å². The van der Waals surface area contributed by atoms with Gasteiger partial charge in [-0.25, -0.2) is 4.39 Å². The van der Waals surface area contributed by atoms with Crippen molar-refractivity contribution in [1.82, 2.24) is 10.2 Å². The van der Waals surface area contributed by atoms with Crippen molar-refractivity contribution >= 4 is 11.6 Å². The van der Waals surface area contributed by atoms with E-state index in [9.17, 15) is 9.18 Å². The molecule has 1 unspecified atom stereocenters. The summed E-state index contributed by atoms with van der Waals surface area (Å²) in [6.07, 6.45) is 0.825. The largest absolute Gasteiger partial charge is 0.323 e. The van der Waals surface area contributed by atoms with E-state index in [2.05, 4.69) is 15.5 Å². The normalized spacial score (nSPS) is 22.7. The van der Waals surface area contributed by atoms with Gasteiger partial charge in [0, 0.05) is 32.7 Å². The smallest absolute Gasteiger partial charge is 0.231 e. The highest BCUT2D eigenvalue weighted by Crippen LogP contribution is 2.35. The lowest BCUT2D eigenvalue weighted by atomic mass is 9.99. The molecule has 1 saturated heterocycles. The molecule has 2 heterocycles. The molecule has 1 atom stereocenters. The summed E-state index contributed by atoms with van der Waals surface area (Å²) in [7, 11) is 0. The maximum Gasteiger partial charge on any atom is 0.231 e. The van der Waals surface area contributed by atoms with E-state index < -0.39 is 0 Å². The number of carbonyl (C=O) groups excluding carboxylic acids is 1. The second kappa shape index (κ2) is 5.50. The minimum atomic E-state index is -0.310. The number of carbonyl (C=O) groups is 1. The molecule has 0 saturated carbocycles. The maximum absolute atomic E-state index is 14.0. The van der Waals surface area contributed by atoms with E-state index >= 15 is 0 Å². The summed E-state index contributed by atoms with van der Waals surface area (Å²) in [4.78, 5) is 14.0. The number of benzene rings is 1. The summed E-state index contributed by atoms with van der Waals surface area (Å²) in [6.45, 7) is 6.89. The van der Waals surface area contributed by atoms with Crippen LogP contribution in [-0.2, 0) is 11.2 Å². The van der Waals surface area contributed by atoms with Crippen molar-refractivity contribution < 1.29 is 9.18 Å². The minimum absolute atomic E-state index is 0.113. The van der Waals surface area contributed by atoms with Gasteiger partial charge in [-0.05, 0) is 30.5 Å². The Morgan fingerprint density at radius 3 is 2.85 bits per heavy atom. The number of nitrogens with zero attached hydrogens (tertiary/aromatic N) is 1. The van der Waals surface area contributed by atoms with Crippen LogP contribution in [0.15, 0.2) is 12.1 Å². The molecule has 5 heteroatoms. The predicted molar refractivity (Wildman–Crippen MR) is 76.5 cm³/mol. The first kappa shape index (κ1) is 13.5. The van der Waals surface area contributed by atoms with Crippen LogP contribution in [0.1, 0.15) is 24.0 Å². The van der Waals surface area contributed by atoms with Crippen LogP contribution in [0.25, 0.3) is 0 Å². The van der Waals surface area contributed by atoms with Gasteiger partial charge in [0.1, 0.15) is 5.82 Å². The molecule has 0 radical (unpaired) electrons. The highest BCUT2D eigenvalue weighted by molar-refractivity contribution is 6.02. The second-order valence-electron chi connectivity index (χ2n) is 5.59. The van der Waals surface area contributed by atoms with Crippen molar-refractivity contribution in [2.75, 3.05) is 38.0 Å². The Labute approximate surface area is 118 Å². The zero-order valence-corrected chi connectivity index (χ0v) is 11.7. The van der Waals surface area contributed by atoms with Gasteiger partial charge in [0.05, 0.1) is 11.6 Å². The number of piperazine rings is 1. The van der Waals surface area contributed by atoms with Crippen molar-refractivity contribution in [3.63, 3.8) is 0 Å². The van der Waals surface area contributed by atoms with Crippen molar-refractivity contribution in [2.24, 2.45) is 0 Å². The highest BCUT2D eigenvalue weighted by Gasteiger charge is 2.29. The molecule has 0 aliphatic carbocycles. The summed E-state index contributed by atoms with van der Waals surface area (Å²) in [5.74, 6) is -0.674. The summed E-state index contributed by atoms with van der Waals surface area (Å²) < 4.78 is 14.0. The Morgan fingerprint density at radius 1 is 1.35 bits per heavy atom. The summed E-state index contributed by atoms with van der Waals surface area (Å²) in [5.41, 5.74) is 2.14. The number of halogens is 1. The van der Waals surface area contributed by atoms with Crippen molar-refractivity contribution in [1.29, 1.82) is 0 Å². The molecule has 1 fully saturated rings. The van der Waals surface area contributed by atoms with Crippen molar-refractivity contribution in [2.45, 2.75) is 19.3 Å². The van der Waals surface area contributed by atoms with Crippen LogP contribution in [0.5, 0.6) is 0 Å². The molecule has 2 aliphatic rings. The fraction of sp³-hybridized carbons (Fsp3) is 0.533. The Kier molecular flexibility index (Phi) is 3.72. The number of hydrogen-bond acceptors (Lipinski definition) is 3. The average Bonchev–Trinajstić information content (AvgIpc) is 2.75. The third-order valence-electron chi connectivity index (χ3n) is 4.21. The molecule has 2 N–H and O–H groups in total. The molecule has 0 aromatic heterocycles. The predicted octanol–water partition coefficient (Wildman–Crippen LogP) is 1.33. The van der Waals surface area contributed by atoms with E-state index in [1.807, 2.05) is 13.0 Å². The first-order valence-electron chi connectivity index (χ1n) is 7.21. The van der Waals surface area contributed by atoms with Crippen LogP contribution < -0.4 is 10.6 Å². The first-order chi connectivity index (χ1) is 9.65. The van der Waals surface area contributed by atoms with Gasteiger partial charge in [-0.3, -0.25) is 4.79 Å². The van der Waals surface area contributed by atoms with Gasteiger partial charge < -0.3 is 15.5 Å². The van der Waals surface area contributed by atoms with Crippen LogP contribution in [0.3, 0.4) is 0 Å². The molecule has 0 bridgehead atoms. The van der Waals surface area contributed by atoms with Crippen LogP contribution >= 0.6 is 0 Å². The van der Waals surface area contributed by atoms with Gasteiger partial charge >= 0.3 is 0 Å². The second-order valence-corrected chi connectivity index (χ2v) is 5.59. The van der Waals surface area contributed by atoms with Crippen LogP contribution in [-0.4, -0.2) is 43.5 Å². The molecule has 3 rings (SSSR count). The van der Waals surface area contributed by atoms with Gasteiger partial charge in [0.2, 0.25) is 5.91 Å². The maximum atomic E-state index is 14.0. The van der Waals surface area contributed by atoms with E-state index in [-0.39, 0.29) is 17.6 Å². The lowest BCUT2D eigenvalue weighted by molar-refractivity contribution is -0.116. The number of anilines is 1. The summed E-state index contributed by atoms with van der Waals surface area (Å²) in [6, 6.07) is 3.53. The van der Waals surface area contributed by atoms with Gasteiger partial charge in [-0.15, -0.1) is 0 Å². The molecule has 1 amide bonds. The molecule has 4 nitrogen and oxygen atoms in total. The van der Waals surface area contributed by atoms with E-state index in [0.717, 1.165) is 50.3 Å². The summed E-state index contributed by atoms with van der Waals surface area (Å²) >= 11 is 0. The fourth-order valence-electron chi connectivity index (χ4n) is 2.90. The zero-order chi connectivity index (χ0) is 14.1. The van der Waals surface area contributed by atoms with Gasteiger partial charge in [0.25, 0.3) is 0 Å². The molecule has 2 aliphatic heterocycles.